The normalized spacial score (nSPS) is 15.6. The number of hydrogen-bond acceptors (Lipinski definition) is 8. The summed E-state index contributed by atoms with van der Waals surface area (Å²) in [7, 11) is -4.60. The Morgan fingerprint density at radius 1 is 0.838 bits per heavy atom. The van der Waals surface area contributed by atoms with Crippen LogP contribution in [0.15, 0.2) is 48.6 Å². The van der Waals surface area contributed by atoms with E-state index in [1.807, 2.05) is 12.2 Å². The Balaban J connectivity index is 3.78. The van der Waals surface area contributed by atoms with Gasteiger partial charge in [-0.25, -0.2) is 4.57 Å². The third-order valence-electron chi connectivity index (χ3n) is 4.81. The second kappa shape index (κ2) is 23.1. The predicted molar refractivity (Wildman–Crippen MR) is 143 cm³/mol. The predicted octanol–water partition coefficient (Wildman–Crippen LogP) is 4.58. The molecule has 0 aromatic rings. The number of carboxylic acids is 1. The van der Waals surface area contributed by atoms with Crippen LogP contribution >= 0.6 is 7.82 Å². The largest absolute Gasteiger partial charge is 0.480 e. The Labute approximate surface area is 220 Å². The molecule has 0 spiro atoms. The fraction of sp³-hybridized carbons (Fsp3) is 0.615. The topological polar surface area (TPSA) is 166 Å². The maximum absolute atomic E-state index is 11.7. The van der Waals surface area contributed by atoms with Gasteiger partial charge in [0, 0.05) is 6.42 Å². The number of ether oxygens (including phenoxy) is 1. The molecule has 5 N–H and O–H groups in total. The molecule has 0 aromatic heterocycles. The van der Waals surface area contributed by atoms with E-state index in [2.05, 4.69) is 52.4 Å². The average Bonchev–Trinajstić information content (AvgIpc) is 2.86. The van der Waals surface area contributed by atoms with E-state index in [9.17, 15) is 24.2 Å². The van der Waals surface area contributed by atoms with E-state index in [0.29, 0.717) is 12.8 Å². The molecule has 0 heterocycles. The van der Waals surface area contributed by atoms with Gasteiger partial charge in [0.1, 0.15) is 18.8 Å². The van der Waals surface area contributed by atoms with Crippen molar-refractivity contribution in [2.75, 3.05) is 19.8 Å². The summed E-state index contributed by atoms with van der Waals surface area (Å²) in [5, 5.41) is 18.3. The summed E-state index contributed by atoms with van der Waals surface area (Å²) in [6.45, 7) is 0.400. The quantitative estimate of drug-likeness (QED) is 0.0618. The molecular weight excluding hydrogens is 501 g/mol. The number of phosphoric acid groups is 1. The van der Waals surface area contributed by atoms with Crippen molar-refractivity contribution in [2.45, 2.75) is 83.3 Å². The van der Waals surface area contributed by atoms with Crippen molar-refractivity contribution in [1.29, 1.82) is 0 Å². The summed E-state index contributed by atoms with van der Waals surface area (Å²) in [5.41, 5.74) is 5.15. The van der Waals surface area contributed by atoms with Crippen LogP contribution in [0.1, 0.15) is 71.1 Å². The molecule has 10 nitrogen and oxygen atoms in total. The Hall–Kier alpha value is -2.07. The highest BCUT2D eigenvalue weighted by molar-refractivity contribution is 7.47. The molecule has 0 aliphatic carbocycles. The molecule has 37 heavy (non-hydrogen) atoms. The summed E-state index contributed by atoms with van der Waals surface area (Å²) in [4.78, 5) is 31.7. The van der Waals surface area contributed by atoms with Crippen molar-refractivity contribution in [3.63, 3.8) is 0 Å². The van der Waals surface area contributed by atoms with Crippen LogP contribution in [-0.4, -0.2) is 59.0 Å². The Bertz CT molecular complexity index is 780. The van der Waals surface area contributed by atoms with Crippen LogP contribution in [0, 0.1) is 0 Å². The van der Waals surface area contributed by atoms with Crippen LogP contribution in [0.2, 0.25) is 0 Å². The number of nitrogens with two attached hydrogens (primary N) is 1. The molecule has 0 aliphatic rings. The molecule has 0 saturated carbocycles. The summed E-state index contributed by atoms with van der Waals surface area (Å²) in [6, 6.07) is -1.49. The molecule has 0 rings (SSSR count). The fourth-order valence-electron chi connectivity index (χ4n) is 2.70. The SMILES string of the molecule is CCCCC/C=C\C/C=C\C/C=C\C/C=C\CCCC(=O)OC[C@@H](O)COP(=O)(O)OC[C@H](N)C(=O)O. The van der Waals surface area contributed by atoms with Crippen molar-refractivity contribution < 1.29 is 43.0 Å². The number of aliphatic carboxylic acids is 1. The molecule has 0 bridgehead atoms. The lowest BCUT2D eigenvalue weighted by atomic mass is 10.2. The van der Waals surface area contributed by atoms with Crippen LogP contribution in [0.5, 0.6) is 0 Å². The highest BCUT2D eigenvalue weighted by Crippen LogP contribution is 2.43. The third-order valence-corrected chi connectivity index (χ3v) is 5.76. The van der Waals surface area contributed by atoms with Gasteiger partial charge in [-0.1, -0.05) is 68.4 Å². The zero-order valence-corrected chi connectivity index (χ0v) is 22.7. The van der Waals surface area contributed by atoms with Gasteiger partial charge in [0.15, 0.2) is 0 Å². The van der Waals surface area contributed by atoms with Crippen molar-refractivity contribution in [1.82, 2.24) is 0 Å². The van der Waals surface area contributed by atoms with E-state index in [0.717, 1.165) is 25.7 Å². The first-order valence-electron chi connectivity index (χ1n) is 12.7. The monoisotopic (exact) mass is 545 g/mol. The first-order chi connectivity index (χ1) is 17.7. The Morgan fingerprint density at radius 3 is 1.89 bits per heavy atom. The van der Waals surface area contributed by atoms with Gasteiger partial charge in [-0.2, -0.15) is 0 Å². The second-order valence-electron chi connectivity index (χ2n) is 8.32. The van der Waals surface area contributed by atoms with Crippen molar-refractivity contribution in [2.24, 2.45) is 5.73 Å². The molecule has 212 valence electrons. The summed E-state index contributed by atoms with van der Waals surface area (Å²) in [6.07, 6.45) is 24.8. The number of carbonyl (C=O) groups excluding carboxylic acids is 1. The van der Waals surface area contributed by atoms with Crippen LogP contribution in [0.4, 0.5) is 0 Å². The van der Waals surface area contributed by atoms with E-state index in [1.54, 1.807) is 0 Å². The summed E-state index contributed by atoms with van der Waals surface area (Å²) in [5.74, 6) is -1.92. The lowest BCUT2D eigenvalue weighted by Crippen LogP contribution is -2.34. The lowest BCUT2D eigenvalue weighted by Gasteiger charge is -2.16. The maximum Gasteiger partial charge on any atom is 0.472 e. The van der Waals surface area contributed by atoms with Crippen LogP contribution < -0.4 is 5.73 Å². The Morgan fingerprint density at radius 2 is 1.35 bits per heavy atom. The number of esters is 1. The molecule has 0 fully saturated rings. The maximum atomic E-state index is 11.7. The molecule has 0 aliphatic heterocycles. The minimum atomic E-state index is -4.60. The van der Waals surface area contributed by atoms with Gasteiger partial charge in [0.2, 0.25) is 0 Å². The highest BCUT2D eigenvalue weighted by Gasteiger charge is 2.26. The van der Waals surface area contributed by atoms with Gasteiger partial charge in [-0.05, 0) is 44.9 Å². The van der Waals surface area contributed by atoms with Crippen LogP contribution in [0.25, 0.3) is 0 Å². The molecule has 3 atom stereocenters. The second-order valence-corrected chi connectivity index (χ2v) is 9.78. The number of allylic oxidation sites excluding steroid dienone is 8. The van der Waals surface area contributed by atoms with E-state index < -0.39 is 51.7 Å². The molecular formula is C26H44NO9P. The minimum Gasteiger partial charge on any atom is -0.480 e. The van der Waals surface area contributed by atoms with Gasteiger partial charge in [-0.3, -0.25) is 18.6 Å². The summed E-state index contributed by atoms with van der Waals surface area (Å²) < 4.78 is 25.4. The zero-order valence-electron chi connectivity index (χ0n) is 21.8. The standard InChI is InChI=1S/C26H44NO9P/c1-2-3-4-5-6-7-8-9-10-11-12-13-14-15-16-17-18-19-25(29)34-20-23(28)21-35-37(32,33)36-22-24(27)26(30)31/h6-7,9-10,12-13,15-16,23-24,28H,2-5,8,11,14,17-22,27H2,1H3,(H,30,31)(H,32,33)/b7-6-,10-9-,13-12-,16-15-/t23-,24+/m1/s1. The third kappa shape index (κ3) is 24.0. The van der Waals surface area contributed by atoms with Crippen molar-refractivity contribution in [3.05, 3.63) is 48.6 Å². The number of hydrogen-bond donors (Lipinski definition) is 4. The highest BCUT2D eigenvalue weighted by atomic mass is 31.2. The van der Waals surface area contributed by atoms with E-state index in [4.69, 9.17) is 15.6 Å². The molecule has 11 heteroatoms. The number of carbonyl (C=O) groups is 2. The zero-order chi connectivity index (χ0) is 27.8. The van der Waals surface area contributed by atoms with E-state index in [1.165, 1.54) is 19.3 Å². The van der Waals surface area contributed by atoms with Crippen LogP contribution in [0.3, 0.4) is 0 Å². The van der Waals surface area contributed by atoms with E-state index >= 15 is 0 Å². The minimum absolute atomic E-state index is 0.167. The van der Waals surface area contributed by atoms with Gasteiger partial charge >= 0.3 is 19.8 Å². The number of carboxylic acid groups (broad SMARTS) is 1. The number of rotatable bonds is 23. The summed E-state index contributed by atoms with van der Waals surface area (Å²) >= 11 is 0. The fourth-order valence-corrected chi connectivity index (χ4v) is 3.48. The van der Waals surface area contributed by atoms with Crippen molar-refractivity contribution in [3.8, 4) is 0 Å². The van der Waals surface area contributed by atoms with Gasteiger partial charge in [0.25, 0.3) is 0 Å². The van der Waals surface area contributed by atoms with E-state index in [-0.39, 0.29) is 6.42 Å². The molecule has 0 saturated heterocycles. The number of aliphatic hydroxyl groups excluding tert-OH is 1. The molecule has 0 amide bonds. The van der Waals surface area contributed by atoms with Gasteiger partial charge in [-0.15, -0.1) is 0 Å². The Kier molecular flexibility index (Phi) is 21.8. The number of unbranched alkanes of at least 4 members (excludes halogenated alkanes) is 4. The first-order valence-corrected chi connectivity index (χ1v) is 14.2. The molecule has 0 radical (unpaired) electrons. The van der Waals surface area contributed by atoms with Crippen LogP contribution in [-0.2, 0) is 27.9 Å². The van der Waals surface area contributed by atoms with Crippen molar-refractivity contribution >= 4 is 19.8 Å². The molecule has 1 unspecified atom stereocenters. The number of aliphatic hydroxyl groups is 1. The van der Waals surface area contributed by atoms with Gasteiger partial charge in [0.05, 0.1) is 13.2 Å². The smallest absolute Gasteiger partial charge is 0.472 e. The molecule has 0 aromatic carbocycles. The van der Waals surface area contributed by atoms with Gasteiger partial charge < -0.3 is 25.6 Å². The lowest BCUT2D eigenvalue weighted by molar-refractivity contribution is -0.147. The first kappa shape index (κ1) is 34.9. The average molecular weight is 546 g/mol. The number of phosphoric ester groups is 1.